The van der Waals surface area contributed by atoms with E-state index >= 15 is 0 Å². The predicted octanol–water partition coefficient (Wildman–Crippen LogP) is 1.24. The van der Waals surface area contributed by atoms with Crippen LogP contribution in [0.15, 0.2) is 0 Å². The molecule has 0 atom stereocenters. The Morgan fingerprint density at radius 2 is 1.77 bits per heavy atom. The van der Waals surface area contributed by atoms with Crippen molar-refractivity contribution in [2.45, 2.75) is 32.6 Å². The second-order valence-electron chi connectivity index (χ2n) is 3.70. The van der Waals surface area contributed by atoms with Crippen molar-refractivity contribution in [2.75, 3.05) is 27.2 Å². The van der Waals surface area contributed by atoms with Gasteiger partial charge in [0.1, 0.15) is 0 Å². The van der Waals surface area contributed by atoms with E-state index in [1.54, 1.807) is 6.92 Å². The summed E-state index contributed by atoms with van der Waals surface area (Å²) in [5, 5.41) is 2.80. The molecule has 0 aliphatic carbocycles. The normalized spacial score (nSPS) is 10.5. The molecule has 0 saturated heterocycles. The van der Waals surface area contributed by atoms with Crippen LogP contribution in [0.5, 0.6) is 0 Å². The molecule has 0 bridgehead atoms. The van der Waals surface area contributed by atoms with Crippen LogP contribution in [-0.4, -0.2) is 38.0 Å². The number of hydrogen-bond acceptors (Lipinski definition) is 2. The van der Waals surface area contributed by atoms with E-state index in [2.05, 4.69) is 24.3 Å². The summed E-state index contributed by atoms with van der Waals surface area (Å²) < 4.78 is 0. The van der Waals surface area contributed by atoms with Gasteiger partial charge in [0.25, 0.3) is 0 Å². The van der Waals surface area contributed by atoms with Crippen LogP contribution in [0.3, 0.4) is 0 Å². The Balaban J connectivity index is 2.96. The highest BCUT2D eigenvalue weighted by Crippen LogP contribution is 1.99. The van der Waals surface area contributed by atoms with Crippen molar-refractivity contribution >= 4 is 5.91 Å². The van der Waals surface area contributed by atoms with Gasteiger partial charge in [-0.1, -0.05) is 12.8 Å². The van der Waals surface area contributed by atoms with Gasteiger partial charge in [-0.05, 0) is 33.5 Å². The Labute approximate surface area is 81.5 Å². The second kappa shape index (κ2) is 8.05. The van der Waals surface area contributed by atoms with Crippen molar-refractivity contribution in [1.29, 1.82) is 0 Å². The van der Waals surface area contributed by atoms with Gasteiger partial charge in [-0.25, -0.2) is 0 Å². The summed E-state index contributed by atoms with van der Waals surface area (Å²) in [4.78, 5) is 12.7. The van der Waals surface area contributed by atoms with Crippen LogP contribution < -0.4 is 5.32 Å². The molecule has 1 amide bonds. The van der Waals surface area contributed by atoms with E-state index in [0.717, 1.165) is 13.0 Å². The van der Waals surface area contributed by atoms with E-state index in [9.17, 15) is 4.79 Å². The third kappa shape index (κ3) is 11.4. The Morgan fingerprint density at radius 1 is 1.15 bits per heavy atom. The van der Waals surface area contributed by atoms with Gasteiger partial charge >= 0.3 is 0 Å². The molecule has 0 aromatic heterocycles. The van der Waals surface area contributed by atoms with Crippen LogP contribution in [0, 0.1) is 0 Å². The first-order valence-corrected chi connectivity index (χ1v) is 5.02. The third-order valence-corrected chi connectivity index (χ3v) is 1.91. The lowest BCUT2D eigenvalue weighted by atomic mass is 10.2. The molecule has 0 unspecified atom stereocenters. The predicted molar refractivity (Wildman–Crippen MR) is 55.7 cm³/mol. The molecule has 0 aromatic rings. The van der Waals surface area contributed by atoms with Gasteiger partial charge in [0, 0.05) is 13.5 Å². The molecule has 0 rings (SSSR count). The van der Waals surface area contributed by atoms with Crippen molar-refractivity contribution in [3.63, 3.8) is 0 Å². The zero-order valence-corrected chi connectivity index (χ0v) is 9.10. The maximum Gasteiger partial charge on any atom is 0.216 e. The fourth-order valence-electron chi connectivity index (χ4n) is 1.17. The van der Waals surface area contributed by atoms with Crippen molar-refractivity contribution < 1.29 is 4.79 Å². The molecule has 0 aliphatic heterocycles. The standard InChI is InChI=1S/C10H22N2O/c1-10(13)11-8-6-4-5-7-9-12(2)3/h4-9H2,1-3H3,(H,11,13). The van der Waals surface area contributed by atoms with E-state index < -0.39 is 0 Å². The lowest BCUT2D eigenvalue weighted by Crippen LogP contribution is -2.20. The number of nitrogens with zero attached hydrogens (tertiary/aromatic N) is 1. The molecule has 1 N–H and O–H groups in total. The number of amides is 1. The summed E-state index contributed by atoms with van der Waals surface area (Å²) in [5.41, 5.74) is 0. The van der Waals surface area contributed by atoms with Gasteiger partial charge < -0.3 is 10.2 Å². The average molecular weight is 186 g/mol. The summed E-state index contributed by atoms with van der Waals surface area (Å²) in [6, 6.07) is 0. The third-order valence-electron chi connectivity index (χ3n) is 1.91. The lowest BCUT2D eigenvalue weighted by Gasteiger charge is -2.08. The van der Waals surface area contributed by atoms with Crippen LogP contribution in [0.4, 0.5) is 0 Å². The molecule has 0 radical (unpaired) electrons. The van der Waals surface area contributed by atoms with Gasteiger partial charge in [0.15, 0.2) is 0 Å². The number of nitrogens with one attached hydrogen (secondary N) is 1. The summed E-state index contributed by atoms with van der Waals surface area (Å²) in [7, 11) is 4.19. The zero-order valence-electron chi connectivity index (χ0n) is 9.10. The fourth-order valence-corrected chi connectivity index (χ4v) is 1.17. The van der Waals surface area contributed by atoms with Crippen LogP contribution in [0.25, 0.3) is 0 Å². The molecule has 78 valence electrons. The highest BCUT2D eigenvalue weighted by atomic mass is 16.1. The first-order chi connectivity index (χ1) is 6.13. The number of hydrogen-bond donors (Lipinski definition) is 1. The first-order valence-electron chi connectivity index (χ1n) is 5.02. The first kappa shape index (κ1) is 12.4. The molecule has 0 aromatic carbocycles. The van der Waals surface area contributed by atoms with Crippen LogP contribution in [-0.2, 0) is 4.79 Å². The average Bonchev–Trinajstić information content (AvgIpc) is 2.01. The van der Waals surface area contributed by atoms with E-state index in [0.29, 0.717) is 0 Å². The molecule has 0 spiro atoms. The van der Waals surface area contributed by atoms with Crippen LogP contribution in [0.2, 0.25) is 0 Å². The SMILES string of the molecule is CC(=O)NCCCCCCN(C)C. The summed E-state index contributed by atoms with van der Waals surface area (Å²) in [5.74, 6) is 0.0771. The zero-order chi connectivity index (χ0) is 10.1. The number of rotatable bonds is 7. The fraction of sp³-hybridized carbons (Fsp3) is 0.900. The highest BCUT2D eigenvalue weighted by molar-refractivity contribution is 5.72. The Bertz CT molecular complexity index is 135. The van der Waals surface area contributed by atoms with Gasteiger partial charge in [0.05, 0.1) is 0 Å². The molecule has 3 heteroatoms. The Hall–Kier alpha value is -0.570. The van der Waals surface area contributed by atoms with E-state index in [-0.39, 0.29) is 5.91 Å². The molecule has 0 saturated carbocycles. The number of carbonyl (C=O) groups is 1. The van der Waals surface area contributed by atoms with Gasteiger partial charge in [-0.15, -0.1) is 0 Å². The number of carbonyl (C=O) groups excluding carboxylic acids is 1. The highest BCUT2D eigenvalue weighted by Gasteiger charge is 1.93. The van der Waals surface area contributed by atoms with Gasteiger partial charge in [-0.2, -0.15) is 0 Å². The monoisotopic (exact) mass is 186 g/mol. The van der Waals surface area contributed by atoms with Crippen molar-refractivity contribution in [1.82, 2.24) is 10.2 Å². The topological polar surface area (TPSA) is 32.3 Å². The molecule has 3 nitrogen and oxygen atoms in total. The number of unbranched alkanes of at least 4 members (excludes halogenated alkanes) is 3. The second-order valence-corrected chi connectivity index (χ2v) is 3.70. The summed E-state index contributed by atoms with van der Waals surface area (Å²) in [6.45, 7) is 3.56. The summed E-state index contributed by atoms with van der Waals surface area (Å²) >= 11 is 0. The van der Waals surface area contributed by atoms with Gasteiger partial charge in [-0.3, -0.25) is 4.79 Å². The molecular weight excluding hydrogens is 164 g/mol. The molecule has 0 aliphatic rings. The quantitative estimate of drug-likeness (QED) is 0.607. The lowest BCUT2D eigenvalue weighted by molar-refractivity contribution is -0.118. The minimum Gasteiger partial charge on any atom is -0.356 e. The minimum absolute atomic E-state index is 0.0771. The Kier molecular flexibility index (Phi) is 7.69. The summed E-state index contributed by atoms with van der Waals surface area (Å²) in [6.07, 6.45) is 4.84. The maximum atomic E-state index is 10.5. The van der Waals surface area contributed by atoms with Crippen LogP contribution in [0.1, 0.15) is 32.6 Å². The van der Waals surface area contributed by atoms with E-state index in [1.165, 1.54) is 25.8 Å². The molecule has 13 heavy (non-hydrogen) atoms. The molecule has 0 fully saturated rings. The maximum absolute atomic E-state index is 10.5. The smallest absolute Gasteiger partial charge is 0.216 e. The van der Waals surface area contributed by atoms with Gasteiger partial charge in [0.2, 0.25) is 5.91 Å². The van der Waals surface area contributed by atoms with Crippen molar-refractivity contribution in [3.8, 4) is 0 Å². The minimum atomic E-state index is 0.0771. The van der Waals surface area contributed by atoms with Crippen molar-refractivity contribution in [3.05, 3.63) is 0 Å². The Morgan fingerprint density at radius 3 is 2.31 bits per heavy atom. The van der Waals surface area contributed by atoms with Crippen LogP contribution >= 0.6 is 0 Å². The molecular formula is C10H22N2O. The molecule has 0 heterocycles. The van der Waals surface area contributed by atoms with E-state index in [1.807, 2.05) is 0 Å². The van der Waals surface area contributed by atoms with Crippen molar-refractivity contribution in [2.24, 2.45) is 0 Å². The van der Waals surface area contributed by atoms with E-state index in [4.69, 9.17) is 0 Å². The largest absolute Gasteiger partial charge is 0.356 e.